The van der Waals surface area contributed by atoms with Gasteiger partial charge in [-0.05, 0) is 82.4 Å². The lowest BCUT2D eigenvalue weighted by Crippen LogP contribution is -2.36. The molecule has 0 aliphatic rings. The Labute approximate surface area is 252 Å². The van der Waals surface area contributed by atoms with Gasteiger partial charge in [-0.25, -0.2) is 8.78 Å². The monoisotopic (exact) mass is 668 g/mol. The van der Waals surface area contributed by atoms with Crippen molar-refractivity contribution in [1.82, 2.24) is 0 Å². The Morgan fingerprint density at radius 2 is 1.71 bits per heavy atom. The standard InChI is InChI=1S/C31H31BrF5N2O2P/c1-4-8-20-17-21(30(42,15-5-2)31(35,36)37)18-24(32)27(20)38-28(40)23-9-7-10-25(26(23)34)39(16-6-3)29(41)19-11-13-22(33)14-12-19/h6-7,9-14,17-18H,3-5,8,15-16,42H2,1-2H3,(H,38,40). The topological polar surface area (TPSA) is 49.4 Å². The summed E-state index contributed by atoms with van der Waals surface area (Å²) in [5.41, 5.74) is 0.243. The number of nitrogens with one attached hydrogen (secondary N) is 1. The van der Waals surface area contributed by atoms with Crippen LogP contribution in [0.5, 0.6) is 0 Å². The molecule has 0 saturated heterocycles. The van der Waals surface area contributed by atoms with E-state index in [9.17, 15) is 27.2 Å². The molecule has 0 aliphatic carbocycles. The fraction of sp³-hybridized carbons (Fsp3) is 0.290. The van der Waals surface area contributed by atoms with Crippen LogP contribution in [0.1, 0.15) is 65.0 Å². The molecule has 0 saturated carbocycles. The molecule has 0 bridgehead atoms. The van der Waals surface area contributed by atoms with Crippen molar-refractivity contribution in [2.24, 2.45) is 0 Å². The van der Waals surface area contributed by atoms with E-state index in [1.54, 1.807) is 6.92 Å². The van der Waals surface area contributed by atoms with Gasteiger partial charge in [-0.2, -0.15) is 13.2 Å². The number of carbonyl (C=O) groups is 2. The molecular formula is C31H31BrF5N2O2P. The minimum atomic E-state index is -4.53. The van der Waals surface area contributed by atoms with E-state index < -0.39 is 34.8 Å². The zero-order chi connectivity index (χ0) is 31.2. The quantitative estimate of drug-likeness (QED) is 0.126. The third-order valence-corrected chi connectivity index (χ3v) is 8.33. The van der Waals surface area contributed by atoms with Crippen LogP contribution in [-0.4, -0.2) is 24.5 Å². The number of amides is 2. The van der Waals surface area contributed by atoms with Gasteiger partial charge in [0.25, 0.3) is 11.8 Å². The molecule has 42 heavy (non-hydrogen) atoms. The average molecular weight is 669 g/mol. The fourth-order valence-corrected chi connectivity index (χ4v) is 5.68. The van der Waals surface area contributed by atoms with E-state index >= 15 is 4.39 Å². The highest BCUT2D eigenvalue weighted by molar-refractivity contribution is 9.10. The summed E-state index contributed by atoms with van der Waals surface area (Å²) < 4.78 is 71.9. The normalized spacial score (nSPS) is 12.9. The van der Waals surface area contributed by atoms with E-state index in [2.05, 4.69) is 27.8 Å². The molecule has 0 radical (unpaired) electrons. The summed E-state index contributed by atoms with van der Waals surface area (Å²) in [5, 5.41) is 0.477. The summed E-state index contributed by atoms with van der Waals surface area (Å²) >= 11 is 3.33. The molecule has 0 aliphatic heterocycles. The first-order valence-electron chi connectivity index (χ1n) is 13.3. The van der Waals surface area contributed by atoms with Crippen LogP contribution in [0.2, 0.25) is 0 Å². The van der Waals surface area contributed by atoms with Crippen molar-refractivity contribution in [2.45, 2.75) is 50.9 Å². The molecule has 4 nitrogen and oxygen atoms in total. The van der Waals surface area contributed by atoms with Gasteiger partial charge in [0.2, 0.25) is 0 Å². The number of rotatable bonds is 11. The molecule has 0 fully saturated rings. The third kappa shape index (κ3) is 7.09. The van der Waals surface area contributed by atoms with E-state index in [0.717, 1.165) is 17.0 Å². The van der Waals surface area contributed by atoms with Crippen LogP contribution in [0.25, 0.3) is 0 Å². The van der Waals surface area contributed by atoms with Crippen molar-refractivity contribution in [3.63, 3.8) is 0 Å². The number of benzene rings is 3. The second-order valence-corrected chi connectivity index (χ2v) is 11.6. The van der Waals surface area contributed by atoms with E-state index in [1.807, 2.05) is 16.2 Å². The Bertz CT molecular complexity index is 1460. The van der Waals surface area contributed by atoms with Gasteiger partial charge < -0.3 is 10.2 Å². The zero-order valence-corrected chi connectivity index (χ0v) is 25.9. The Morgan fingerprint density at radius 1 is 1.05 bits per heavy atom. The Hall–Kier alpha value is -3.10. The fourth-order valence-electron chi connectivity index (χ4n) is 4.62. The summed E-state index contributed by atoms with van der Waals surface area (Å²) in [5.74, 6) is -3.01. The molecule has 224 valence electrons. The number of carbonyl (C=O) groups excluding carboxylic acids is 2. The molecule has 3 aromatic rings. The largest absolute Gasteiger partial charge is 0.401 e. The lowest BCUT2D eigenvalue weighted by molar-refractivity contribution is -0.164. The summed E-state index contributed by atoms with van der Waals surface area (Å²) in [7, 11) is 1.95. The van der Waals surface area contributed by atoms with Gasteiger partial charge in [0.15, 0.2) is 5.82 Å². The Balaban J connectivity index is 2.03. The van der Waals surface area contributed by atoms with Crippen LogP contribution in [0.4, 0.5) is 33.3 Å². The number of halogens is 6. The molecule has 3 aromatic carbocycles. The van der Waals surface area contributed by atoms with Gasteiger partial charge >= 0.3 is 6.18 Å². The van der Waals surface area contributed by atoms with Crippen molar-refractivity contribution in [3.8, 4) is 0 Å². The third-order valence-electron chi connectivity index (χ3n) is 6.76. The highest BCUT2D eigenvalue weighted by Crippen LogP contribution is 2.51. The molecule has 3 rings (SSSR count). The van der Waals surface area contributed by atoms with E-state index in [4.69, 9.17) is 0 Å². The predicted octanol–water partition coefficient (Wildman–Crippen LogP) is 9.20. The summed E-state index contributed by atoms with van der Waals surface area (Å²) in [6.07, 6.45) is -2.07. The number of hydrogen-bond donors (Lipinski definition) is 1. The molecular weight excluding hydrogens is 638 g/mol. The number of anilines is 2. The number of nitrogens with zero attached hydrogens (tertiary/aromatic N) is 1. The van der Waals surface area contributed by atoms with Crippen LogP contribution in [0, 0.1) is 11.6 Å². The van der Waals surface area contributed by atoms with Gasteiger partial charge in [-0.15, -0.1) is 15.8 Å². The number of hydrogen-bond acceptors (Lipinski definition) is 2. The van der Waals surface area contributed by atoms with E-state index in [0.29, 0.717) is 24.8 Å². The van der Waals surface area contributed by atoms with Gasteiger partial charge in [0.1, 0.15) is 11.0 Å². The molecule has 1 N–H and O–H groups in total. The lowest BCUT2D eigenvalue weighted by atomic mass is 9.90. The first-order valence-corrected chi connectivity index (χ1v) is 14.6. The van der Waals surface area contributed by atoms with E-state index in [-0.39, 0.29) is 45.5 Å². The maximum atomic E-state index is 15.8. The highest BCUT2D eigenvalue weighted by atomic mass is 79.9. The van der Waals surface area contributed by atoms with Crippen LogP contribution in [-0.2, 0) is 11.6 Å². The molecule has 2 amide bonds. The van der Waals surface area contributed by atoms with Crippen molar-refractivity contribution in [2.75, 3.05) is 16.8 Å². The van der Waals surface area contributed by atoms with E-state index in [1.165, 1.54) is 48.5 Å². The number of alkyl halides is 3. The highest BCUT2D eigenvalue weighted by Gasteiger charge is 2.52. The van der Waals surface area contributed by atoms with Crippen molar-refractivity contribution in [3.05, 3.63) is 106 Å². The van der Waals surface area contributed by atoms with Gasteiger partial charge in [0.05, 0.1) is 16.9 Å². The lowest BCUT2D eigenvalue weighted by Gasteiger charge is -2.33. The van der Waals surface area contributed by atoms with Gasteiger partial charge in [-0.3, -0.25) is 9.59 Å². The second kappa shape index (κ2) is 13.9. The van der Waals surface area contributed by atoms with Crippen molar-refractivity contribution in [1.29, 1.82) is 0 Å². The smallest absolute Gasteiger partial charge is 0.321 e. The van der Waals surface area contributed by atoms with Crippen LogP contribution >= 0.6 is 25.2 Å². The Kier molecular flexibility index (Phi) is 11.1. The maximum absolute atomic E-state index is 15.8. The predicted molar refractivity (Wildman–Crippen MR) is 163 cm³/mol. The molecule has 11 heteroatoms. The molecule has 2 unspecified atom stereocenters. The van der Waals surface area contributed by atoms with Crippen molar-refractivity contribution < 1.29 is 31.5 Å². The summed E-state index contributed by atoms with van der Waals surface area (Å²) in [4.78, 5) is 27.6. The maximum Gasteiger partial charge on any atom is 0.401 e. The zero-order valence-electron chi connectivity index (χ0n) is 23.1. The van der Waals surface area contributed by atoms with Gasteiger partial charge in [-0.1, -0.05) is 44.9 Å². The minimum Gasteiger partial charge on any atom is -0.321 e. The molecule has 0 heterocycles. The molecule has 2 atom stereocenters. The van der Waals surface area contributed by atoms with Gasteiger partial charge in [0, 0.05) is 16.6 Å². The summed E-state index contributed by atoms with van der Waals surface area (Å²) in [6.45, 7) is 7.04. The average Bonchev–Trinajstić information content (AvgIpc) is 2.93. The van der Waals surface area contributed by atoms with Crippen LogP contribution < -0.4 is 10.2 Å². The SMILES string of the molecule is C=CCN(C(=O)c1ccc(F)cc1)c1cccc(C(=O)Nc2c(Br)cc(C(P)(CCC)C(F)(F)F)cc2CCC)c1F. The summed E-state index contributed by atoms with van der Waals surface area (Å²) in [6, 6.07) is 11.5. The van der Waals surface area contributed by atoms with Crippen molar-refractivity contribution >= 4 is 48.4 Å². The first-order chi connectivity index (χ1) is 19.8. The van der Waals surface area contributed by atoms with Crippen LogP contribution in [0.15, 0.2) is 71.7 Å². The first kappa shape index (κ1) is 33.4. The minimum absolute atomic E-state index is 0.0303. The molecule has 0 spiro atoms. The molecule has 0 aromatic heterocycles. The van der Waals surface area contributed by atoms with Crippen LogP contribution in [0.3, 0.4) is 0 Å². The number of aryl methyl sites for hydroxylation is 1. The Morgan fingerprint density at radius 3 is 2.29 bits per heavy atom. The second-order valence-electron chi connectivity index (χ2n) is 9.77.